The Labute approximate surface area is 125 Å². The Balaban J connectivity index is 1.95. The Morgan fingerprint density at radius 2 is 2.00 bits per heavy atom. The van der Waals surface area contributed by atoms with Crippen LogP contribution >= 0.6 is 0 Å². The van der Waals surface area contributed by atoms with Crippen LogP contribution in [0.5, 0.6) is 0 Å². The van der Waals surface area contributed by atoms with Crippen LogP contribution in [0.2, 0.25) is 0 Å². The molecule has 0 aliphatic carbocycles. The minimum absolute atomic E-state index is 0.0562. The van der Waals surface area contributed by atoms with Crippen molar-refractivity contribution in [3.8, 4) is 0 Å². The highest BCUT2D eigenvalue weighted by atomic mass is 16.2. The van der Waals surface area contributed by atoms with Gasteiger partial charge in [0.1, 0.15) is 12.6 Å². The number of hydrogen-bond donors (Lipinski definition) is 0. The number of amides is 2. The van der Waals surface area contributed by atoms with Crippen molar-refractivity contribution in [2.45, 2.75) is 25.8 Å². The normalized spacial score (nSPS) is 21.8. The Morgan fingerprint density at radius 1 is 1.24 bits per heavy atom. The van der Waals surface area contributed by atoms with Crippen LogP contribution in [0.3, 0.4) is 0 Å². The zero-order valence-electron chi connectivity index (χ0n) is 12.8. The number of carbonyl (C=O) groups excluding carboxylic acids is 2. The predicted octanol–water partition coefficient (Wildman–Crippen LogP) is 1.40. The van der Waals surface area contributed by atoms with Crippen LogP contribution in [0, 0.1) is 6.92 Å². The van der Waals surface area contributed by atoms with Gasteiger partial charge in [0.15, 0.2) is 0 Å². The van der Waals surface area contributed by atoms with E-state index >= 15 is 0 Å². The van der Waals surface area contributed by atoms with E-state index in [0.717, 1.165) is 36.3 Å². The molecule has 2 fully saturated rings. The lowest BCUT2D eigenvalue weighted by Gasteiger charge is -2.36. The maximum absolute atomic E-state index is 12.6. The Kier molecular flexibility index (Phi) is 3.35. The Morgan fingerprint density at radius 3 is 2.71 bits per heavy atom. The van der Waals surface area contributed by atoms with Gasteiger partial charge in [-0.25, -0.2) is 0 Å². The highest BCUT2D eigenvalue weighted by Gasteiger charge is 2.42. The van der Waals surface area contributed by atoms with Gasteiger partial charge in [0, 0.05) is 32.0 Å². The van der Waals surface area contributed by atoms with Crippen molar-refractivity contribution in [3.05, 3.63) is 23.8 Å². The van der Waals surface area contributed by atoms with Gasteiger partial charge in [0.25, 0.3) is 0 Å². The number of aryl methyl sites for hydroxylation is 1. The summed E-state index contributed by atoms with van der Waals surface area (Å²) in [6.07, 6.45) is 1.71. The summed E-state index contributed by atoms with van der Waals surface area (Å²) < 4.78 is 0. The summed E-state index contributed by atoms with van der Waals surface area (Å²) in [5.74, 6) is 0.115. The van der Waals surface area contributed by atoms with Crippen LogP contribution in [0.15, 0.2) is 18.2 Å². The minimum atomic E-state index is -0.254. The molecule has 0 bridgehead atoms. The van der Waals surface area contributed by atoms with Crippen molar-refractivity contribution in [2.24, 2.45) is 0 Å². The van der Waals surface area contributed by atoms with Crippen LogP contribution < -0.4 is 9.80 Å². The Bertz CT molecular complexity index is 597. The molecule has 2 aliphatic rings. The topological polar surface area (TPSA) is 43.9 Å². The van der Waals surface area contributed by atoms with E-state index in [1.54, 1.807) is 9.80 Å². The van der Waals surface area contributed by atoms with Gasteiger partial charge in [-0.1, -0.05) is 6.07 Å². The number of benzene rings is 1. The van der Waals surface area contributed by atoms with E-state index in [2.05, 4.69) is 0 Å². The fourth-order valence-electron chi connectivity index (χ4n) is 3.27. The van der Waals surface area contributed by atoms with Crippen molar-refractivity contribution in [1.29, 1.82) is 0 Å². The van der Waals surface area contributed by atoms with Crippen LogP contribution in [-0.4, -0.2) is 49.9 Å². The first-order chi connectivity index (χ1) is 9.99. The molecular weight excluding hydrogens is 266 g/mol. The van der Waals surface area contributed by atoms with Gasteiger partial charge in [-0.15, -0.1) is 0 Å². The number of fused-ring (bicyclic) bond motifs is 1. The third kappa shape index (κ3) is 2.26. The molecule has 21 heavy (non-hydrogen) atoms. The molecule has 0 N–H and O–H groups in total. The van der Waals surface area contributed by atoms with Crippen LogP contribution in [0.1, 0.15) is 18.4 Å². The molecule has 1 aromatic rings. The molecule has 0 spiro atoms. The molecule has 1 aromatic carbocycles. The summed E-state index contributed by atoms with van der Waals surface area (Å²) in [6.45, 7) is 2.92. The molecule has 0 saturated carbocycles. The predicted molar refractivity (Wildman–Crippen MR) is 82.6 cm³/mol. The van der Waals surface area contributed by atoms with E-state index in [-0.39, 0.29) is 24.4 Å². The fourth-order valence-corrected chi connectivity index (χ4v) is 3.27. The molecule has 0 radical (unpaired) electrons. The molecule has 2 heterocycles. The summed E-state index contributed by atoms with van der Waals surface area (Å²) in [5.41, 5.74) is 3.04. The van der Waals surface area contributed by atoms with Crippen LogP contribution in [0.25, 0.3) is 0 Å². The van der Waals surface area contributed by atoms with E-state index in [4.69, 9.17) is 0 Å². The second kappa shape index (κ2) is 5.06. The molecule has 3 rings (SSSR count). The first-order valence-corrected chi connectivity index (χ1v) is 7.38. The second-order valence-electron chi connectivity index (χ2n) is 6.03. The molecule has 2 amide bonds. The zero-order valence-corrected chi connectivity index (χ0v) is 12.8. The van der Waals surface area contributed by atoms with Crippen LogP contribution in [-0.2, 0) is 9.59 Å². The van der Waals surface area contributed by atoms with Crippen LogP contribution in [0.4, 0.5) is 11.4 Å². The third-order valence-electron chi connectivity index (χ3n) is 4.40. The van der Waals surface area contributed by atoms with Gasteiger partial charge in [-0.3, -0.25) is 9.59 Å². The number of hydrogen-bond acceptors (Lipinski definition) is 3. The molecule has 2 aliphatic heterocycles. The average Bonchev–Trinajstić information content (AvgIpc) is 2.93. The minimum Gasteiger partial charge on any atom is -0.377 e. The molecule has 2 saturated heterocycles. The molecular formula is C16H21N3O2. The molecule has 0 aromatic heterocycles. The second-order valence-corrected chi connectivity index (χ2v) is 6.03. The monoisotopic (exact) mass is 287 g/mol. The number of nitrogens with zero attached hydrogens (tertiary/aromatic N) is 3. The van der Waals surface area contributed by atoms with E-state index < -0.39 is 0 Å². The van der Waals surface area contributed by atoms with Crippen molar-refractivity contribution >= 4 is 23.2 Å². The molecule has 1 atom stereocenters. The van der Waals surface area contributed by atoms with E-state index in [9.17, 15) is 9.59 Å². The average molecular weight is 287 g/mol. The van der Waals surface area contributed by atoms with Crippen molar-refractivity contribution in [1.82, 2.24) is 4.90 Å². The van der Waals surface area contributed by atoms with Gasteiger partial charge < -0.3 is 14.7 Å². The number of rotatable bonds is 2. The lowest BCUT2D eigenvalue weighted by atomic mass is 10.1. The first kappa shape index (κ1) is 13.9. The van der Waals surface area contributed by atoms with Gasteiger partial charge in [-0.2, -0.15) is 0 Å². The summed E-state index contributed by atoms with van der Waals surface area (Å²) in [6, 6.07) is 5.67. The smallest absolute Gasteiger partial charge is 0.250 e. The van der Waals surface area contributed by atoms with Gasteiger partial charge >= 0.3 is 0 Å². The van der Waals surface area contributed by atoms with E-state index in [0.29, 0.717) is 0 Å². The van der Waals surface area contributed by atoms with Crippen molar-refractivity contribution < 1.29 is 9.59 Å². The molecule has 1 unspecified atom stereocenters. The highest BCUT2D eigenvalue weighted by Crippen LogP contribution is 2.30. The SMILES string of the molecule is Cc1ccc(N2CC(=O)N3CCCC3C2=O)cc1N(C)C. The summed E-state index contributed by atoms with van der Waals surface area (Å²) in [7, 11) is 3.96. The number of anilines is 2. The van der Waals surface area contributed by atoms with Gasteiger partial charge in [0.2, 0.25) is 11.8 Å². The number of carbonyl (C=O) groups is 2. The standard InChI is InChI=1S/C16H21N3O2/c1-11-6-7-12(9-14(11)17(2)3)19-10-15(20)18-8-4-5-13(18)16(19)21/h6-7,9,13H,4-5,8,10H2,1-3H3. The lowest BCUT2D eigenvalue weighted by molar-refractivity contribution is -0.140. The third-order valence-corrected chi connectivity index (χ3v) is 4.40. The summed E-state index contributed by atoms with van der Waals surface area (Å²) in [5, 5.41) is 0. The Hall–Kier alpha value is -2.04. The van der Waals surface area contributed by atoms with Gasteiger partial charge in [0.05, 0.1) is 0 Å². The zero-order chi connectivity index (χ0) is 15.1. The summed E-state index contributed by atoms with van der Waals surface area (Å²) in [4.78, 5) is 30.3. The fraction of sp³-hybridized carbons (Fsp3) is 0.500. The van der Waals surface area contributed by atoms with E-state index in [1.807, 2.05) is 44.1 Å². The van der Waals surface area contributed by atoms with Crippen molar-refractivity contribution in [3.63, 3.8) is 0 Å². The highest BCUT2D eigenvalue weighted by molar-refractivity contribution is 6.07. The summed E-state index contributed by atoms with van der Waals surface area (Å²) >= 11 is 0. The molecule has 5 heteroatoms. The van der Waals surface area contributed by atoms with E-state index in [1.165, 1.54) is 0 Å². The molecule has 5 nitrogen and oxygen atoms in total. The van der Waals surface area contributed by atoms with Crippen molar-refractivity contribution in [2.75, 3.05) is 37.0 Å². The number of piperazine rings is 1. The van der Waals surface area contributed by atoms with Gasteiger partial charge in [-0.05, 0) is 37.5 Å². The first-order valence-electron chi connectivity index (χ1n) is 7.38. The maximum atomic E-state index is 12.6. The molecule has 112 valence electrons. The lowest BCUT2D eigenvalue weighted by Crippen LogP contribution is -2.57. The quantitative estimate of drug-likeness (QED) is 0.826. The maximum Gasteiger partial charge on any atom is 0.250 e. The largest absolute Gasteiger partial charge is 0.377 e.